The fourth-order valence-electron chi connectivity index (χ4n) is 3.86. The average molecular weight is 462 g/mol. The van der Waals surface area contributed by atoms with Gasteiger partial charge in [-0.25, -0.2) is 4.98 Å². The second-order valence-corrected chi connectivity index (χ2v) is 8.87. The summed E-state index contributed by atoms with van der Waals surface area (Å²) in [5.74, 6) is 6.60. The number of piperazine rings is 1. The van der Waals surface area contributed by atoms with Gasteiger partial charge in [-0.05, 0) is 43.8 Å². The SMILES string of the molecule is Cc1ccc(C(=O)NCCN2CCN(C)CC2)cc1C#Cc1c(N)ncc2ccc(Cl)cc12. The lowest BCUT2D eigenvalue weighted by Gasteiger charge is -2.32. The first-order valence-electron chi connectivity index (χ1n) is 11.1. The summed E-state index contributed by atoms with van der Waals surface area (Å²) in [5.41, 5.74) is 9.11. The van der Waals surface area contributed by atoms with E-state index in [-0.39, 0.29) is 5.91 Å². The molecule has 1 aliphatic heterocycles. The molecule has 3 N–H and O–H groups in total. The Morgan fingerprint density at radius 1 is 1.15 bits per heavy atom. The number of nitrogen functional groups attached to an aromatic ring is 1. The number of pyridine rings is 1. The molecule has 1 aliphatic rings. The zero-order valence-electron chi connectivity index (χ0n) is 19.0. The van der Waals surface area contributed by atoms with Crippen LogP contribution in [0.25, 0.3) is 10.8 Å². The zero-order chi connectivity index (χ0) is 23.4. The van der Waals surface area contributed by atoms with Gasteiger partial charge in [-0.2, -0.15) is 0 Å². The van der Waals surface area contributed by atoms with E-state index >= 15 is 0 Å². The summed E-state index contributed by atoms with van der Waals surface area (Å²) in [5, 5.41) is 5.42. The number of fused-ring (bicyclic) bond motifs is 1. The lowest BCUT2D eigenvalue weighted by molar-refractivity contribution is 0.0941. The number of nitrogens with zero attached hydrogens (tertiary/aromatic N) is 3. The maximum Gasteiger partial charge on any atom is 0.251 e. The molecule has 0 radical (unpaired) electrons. The smallest absolute Gasteiger partial charge is 0.251 e. The minimum Gasteiger partial charge on any atom is -0.383 e. The molecule has 3 aromatic rings. The van der Waals surface area contributed by atoms with Crippen LogP contribution in [0.2, 0.25) is 5.02 Å². The number of carbonyl (C=O) groups excluding carboxylic acids is 1. The van der Waals surface area contributed by atoms with Gasteiger partial charge in [-0.3, -0.25) is 9.69 Å². The van der Waals surface area contributed by atoms with Crippen LogP contribution >= 0.6 is 11.6 Å². The van der Waals surface area contributed by atoms with E-state index in [1.54, 1.807) is 6.20 Å². The van der Waals surface area contributed by atoms with Crippen LogP contribution in [0.1, 0.15) is 27.0 Å². The number of nitrogens with one attached hydrogen (secondary N) is 1. The predicted octanol–water partition coefficient (Wildman–Crippen LogP) is 3.16. The third kappa shape index (κ3) is 5.63. The van der Waals surface area contributed by atoms with Gasteiger partial charge >= 0.3 is 0 Å². The van der Waals surface area contributed by atoms with Gasteiger partial charge in [0.2, 0.25) is 0 Å². The van der Waals surface area contributed by atoms with E-state index in [0.717, 1.165) is 54.6 Å². The highest BCUT2D eigenvalue weighted by molar-refractivity contribution is 6.31. The molecule has 1 saturated heterocycles. The third-order valence-corrected chi connectivity index (χ3v) is 6.25. The number of amides is 1. The first kappa shape index (κ1) is 23.1. The number of hydrogen-bond donors (Lipinski definition) is 2. The third-order valence-electron chi connectivity index (χ3n) is 6.01. The van der Waals surface area contributed by atoms with Crippen LogP contribution in [0.5, 0.6) is 0 Å². The summed E-state index contributed by atoms with van der Waals surface area (Å²) in [6.45, 7) is 7.65. The molecule has 170 valence electrons. The number of aryl methyl sites for hydroxylation is 1. The molecule has 6 nitrogen and oxygen atoms in total. The molecule has 1 aromatic heterocycles. The molecule has 0 bridgehead atoms. The highest BCUT2D eigenvalue weighted by atomic mass is 35.5. The standard InChI is InChI=1S/C26H28ClN5O/c1-18-3-4-20(26(33)29-9-10-32-13-11-31(2)12-14-32)15-19(18)6-8-23-24-16-22(27)7-5-21(24)17-30-25(23)28/h3-5,7,15-17H,9-14H2,1-2H3,(H2,28,30)(H,29,33). The van der Waals surface area contributed by atoms with Gasteiger partial charge in [0.1, 0.15) is 5.82 Å². The molecule has 4 rings (SSSR count). The Kier molecular flexibility index (Phi) is 7.14. The summed E-state index contributed by atoms with van der Waals surface area (Å²) in [4.78, 5) is 21.7. The van der Waals surface area contributed by atoms with Crippen LogP contribution in [-0.2, 0) is 0 Å². The minimum atomic E-state index is -0.0923. The molecule has 7 heteroatoms. The van der Waals surface area contributed by atoms with Crippen molar-refractivity contribution in [2.75, 3.05) is 52.0 Å². The molecule has 0 saturated carbocycles. The molecule has 33 heavy (non-hydrogen) atoms. The molecule has 0 spiro atoms. The topological polar surface area (TPSA) is 74.5 Å². The van der Waals surface area contributed by atoms with Crippen LogP contribution in [-0.4, -0.2) is 67.0 Å². The van der Waals surface area contributed by atoms with E-state index in [0.29, 0.717) is 28.5 Å². The van der Waals surface area contributed by atoms with Crippen LogP contribution < -0.4 is 11.1 Å². The maximum atomic E-state index is 12.7. The largest absolute Gasteiger partial charge is 0.383 e. The van der Waals surface area contributed by atoms with Crippen LogP contribution in [0, 0.1) is 18.8 Å². The van der Waals surface area contributed by atoms with Gasteiger partial charge < -0.3 is 16.0 Å². The number of halogens is 1. The van der Waals surface area contributed by atoms with Gasteiger partial charge in [-0.1, -0.05) is 35.6 Å². The first-order chi connectivity index (χ1) is 15.9. The first-order valence-corrected chi connectivity index (χ1v) is 11.4. The van der Waals surface area contributed by atoms with Gasteiger partial charge in [-0.15, -0.1) is 0 Å². The Hall–Kier alpha value is -3.11. The summed E-state index contributed by atoms with van der Waals surface area (Å²) in [7, 11) is 2.14. The zero-order valence-corrected chi connectivity index (χ0v) is 19.7. The van der Waals surface area contributed by atoms with Crippen LogP contribution in [0.15, 0.2) is 42.6 Å². The molecule has 1 fully saturated rings. The van der Waals surface area contributed by atoms with E-state index in [1.165, 1.54) is 0 Å². The Morgan fingerprint density at radius 3 is 2.73 bits per heavy atom. The number of aromatic nitrogens is 1. The number of benzene rings is 2. The summed E-state index contributed by atoms with van der Waals surface area (Å²) in [6.07, 6.45) is 1.71. The minimum absolute atomic E-state index is 0.0923. The normalized spacial score (nSPS) is 14.6. The Morgan fingerprint density at radius 2 is 1.94 bits per heavy atom. The Labute approximate surface area is 199 Å². The monoisotopic (exact) mass is 461 g/mol. The van der Waals surface area contributed by atoms with Crippen molar-refractivity contribution >= 4 is 34.1 Å². The highest BCUT2D eigenvalue weighted by Gasteiger charge is 2.14. The van der Waals surface area contributed by atoms with Crippen molar-refractivity contribution in [1.29, 1.82) is 0 Å². The van der Waals surface area contributed by atoms with Crippen molar-refractivity contribution in [1.82, 2.24) is 20.1 Å². The number of rotatable bonds is 4. The number of hydrogen-bond acceptors (Lipinski definition) is 5. The van der Waals surface area contributed by atoms with E-state index in [1.807, 2.05) is 43.3 Å². The average Bonchev–Trinajstić information content (AvgIpc) is 2.80. The van der Waals surface area contributed by atoms with Crippen molar-refractivity contribution in [3.63, 3.8) is 0 Å². The van der Waals surface area contributed by atoms with Crippen LogP contribution in [0.3, 0.4) is 0 Å². The van der Waals surface area contributed by atoms with E-state index in [4.69, 9.17) is 17.3 Å². The second kappa shape index (κ2) is 10.2. The molecule has 1 amide bonds. The number of anilines is 1. The van der Waals surface area contributed by atoms with E-state index in [2.05, 4.69) is 39.0 Å². The van der Waals surface area contributed by atoms with Gasteiger partial charge in [0.15, 0.2) is 0 Å². The van der Waals surface area contributed by atoms with Crippen molar-refractivity contribution in [2.45, 2.75) is 6.92 Å². The highest BCUT2D eigenvalue weighted by Crippen LogP contribution is 2.25. The van der Waals surface area contributed by atoms with E-state index in [9.17, 15) is 4.79 Å². The van der Waals surface area contributed by atoms with Gasteiger partial charge in [0, 0.05) is 72.4 Å². The van der Waals surface area contributed by atoms with Crippen LogP contribution in [0.4, 0.5) is 5.82 Å². The van der Waals surface area contributed by atoms with Gasteiger partial charge in [0.25, 0.3) is 5.91 Å². The molecule has 2 heterocycles. The Bertz CT molecular complexity index is 1230. The van der Waals surface area contributed by atoms with E-state index < -0.39 is 0 Å². The number of carbonyl (C=O) groups is 1. The summed E-state index contributed by atoms with van der Waals surface area (Å²) < 4.78 is 0. The fraction of sp³-hybridized carbons (Fsp3) is 0.308. The van der Waals surface area contributed by atoms with Crippen molar-refractivity contribution < 1.29 is 4.79 Å². The summed E-state index contributed by atoms with van der Waals surface area (Å²) >= 11 is 6.18. The van der Waals surface area contributed by atoms with Crippen molar-refractivity contribution in [2.24, 2.45) is 0 Å². The fourth-order valence-corrected chi connectivity index (χ4v) is 4.03. The lowest BCUT2D eigenvalue weighted by Crippen LogP contribution is -2.46. The lowest BCUT2D eigenvalue weighted by atomic mass is 10.0. The molecular formula is C26H28ClN5O. The predicted molar refractivity (Wildman–Crippen MR) is 135 cm³/mol. The molecule has 0 atom stereocenters. The quantitative estimate of drug-likeness (QED) is 0.584. The molecule has 0 aliphatic carbocycles. The molecule has 2 aromatic carbocycles. The van der Waals surface area contributed by atoms with Crippen molar-refractivity contribution in [3.8, 4) is 11.8 Å². The van der Waals surface area contributed by atoms with Gasteiger partial charge in [0.05, 0.1) is 5.56 Å². The van der Waals surface area contributed by atoms with Crippen molar-refractivity contribution in [3.05, 3.63) is 69.9 Å². The Balaban J connectivity index is 1.49. The number of nitrogens with two attached hydrogens (primary N) is 1. The molecule has 0 unspecified atom stereocenters. The molecular weight excluding hydrogens is 434 g/mol. The summed E-state index contributed by atoms with van der Waals surface area (Å²) in [6, 6.07) is 11.1. The second-order valence-electron chi connectivity index (χ2n) is 8.43. The number of likely N-dealkylation sites (N-methyl/N-ethyl adjacent to an activating group) is 1. The maximum absolute atomic E-state index is 12.7.